The number of H-pyrrole nitrogens is 1. The molecule has 1 aliphatic heterocycles. The second kappa shape index (κ2) is 10.0. The van der Waals surface area contributed by atoms with Gasteiger partial charge in [0, 0.05) is 38.9 Å². The second-order valence-electron chi connectivity index (χ2n) is 9.63. The van der Waals surface area contributed by atoms with Crippen LogP contribution >= 0.6 is 34.8 Å². The van der Waals surface area contributed by atoms with Gasteiger partial charge in [0.25, 0.3) is 5.91 Å². The zero-order valence-electron chi connectivity index (χ0n) is 20.5. The van der Waals surface area contributed by atoms with E-state index < -0.39 is 5.60 Å². The Morgan fingerprint density at radius 2 is 1.78 bits per heavy atom. The van der Waals surface area contributed by atoms with E-state index in [-0.39, 0.29) is 11.9 Å². The normalized spacial score (nSPS) is 16.1. The van der Waals surface area contributed by atoms with E-state index >= 15 is 0 Å². The molecular weight excluding hydrogens is 531 g/mol. The molecule has 0 saturated carbocycles. The van der Waals surface area contributed by atoms with Crippen LogP contribution in [0.5, 0.6) is 5.88 Å². The first-order valence-corrected chi connectivity index (χ1v) is 13.1. The zero-order chi connectivity index (χ0) is 26.3. The summed E-state index contributed by atoms with van der Waals surface area (Å²) >= 11 is 19.0. The van der Waals surface area contributed by atoms with Gasteiger partial charge >= 0.3 is 0 Å². The molecule has 0 unspecified atom stereocenters. The van der Waals surface area contributed by atoms with Crippen molar-refractivity contribution in [1.82, 2.24) is 20.5 Å². The summed E-state index contributed by atoms with van der Waals surface area (Å²) in [5, 5.41) is 11.8. The summed E-state index contributed by atoms with van der Waals surface area (Å²) in [7, 11) is 0. The molecule has 6 nitrogen and oxygen atoms in total. The van der Waals surface area contributed by atoms with Crippen LogP contribution in [0.2, 0.25) is 15.1 Å². The van der Waals surface area contributed by atoms with Gasteiger partial charge in [0.05, 0.1) is 16.8 Å². The largest absolute Gasteiger partial charge is 0.471 e. The Labute approximate surface area is 230 Å². The molecule has 2 aromatic heterocycles. The number of benzene rings is 2. The molecule has 1 atom stereocenters. The highest BCUT2D eigenvalue weighted by molar-refractivity contribution is 6.36. The van der Waals surface area contributed by atoms with E-state index in [9.17, 15) is 4.79 Å². The Balaban J connectivity index is 1.64. The molecule has 0 aliphatic carbocycles. The SMILES string of the molecule is CCc1cc(C(=O)N[C@@H]2CC(C)(C)Oc3nc(-c4ccc(Cl)cc4Cl)c(-c4ccc(Cl)cc4)cc32)n[nH]1. The van der Waals surface area contributed by atoms with Gasteiger partial charge in [-0.2, -0.15) is 5.10 Å². The lowest BCUT2D eigenvalue weighted by Gasteiger charge is -2.37. The topological polar surface area (TPSA) is 79.9 Å². The Hall–Kier alpha value is -3.06. The number of amides is 1. The Morgan fingerprint density at radius 3 is 2.46 bits per heavy atom. The molecule has 0 radical (unpaired) electrons. The smallest absolute Gasteiger partial charge is 0.272 e. The summed E-state index contributed by atoms with van der Waals surface area (Å²) in [4.78, 5) is 18.1. The number of pyridine rings is 1. The van der Waals surface area contributed by atoms with Crippen molar-refractivity contribution < 1.29 is 9.53 Å². The summed E-state index contributed by atoms with van der Waals surface area (Å²) in [5.41, 5.74) is 4.54. The van der Waals surface area contributed by atoms with Crippen molar-refractivity contribution in [1.29, 1.82) is 0 Å². The van der Waals surface area contributed by atoms with Crippen LogP contribution in [0.4, 0.5) is 0 Å². The summed E-state index contributed by atoms with van der Waals surface area (Å²) in [5.74, 6) is 0.180. The number of carbonyl (C=O) groups is 1. The van der Waals surface area contributed by atoms with Crippen LogP contribution in [0.25, 0.3) is 22.4 Å². The lowest BCUT2D eigenvalue weighted by atomic mass is 9.88. The van der Waals surface area contributed by atoms with Gasteiger partial charge in [-0.15, -0.1) is 0 Å². The number of aromatic nitrogens is 3. The first-order chi connectivity index (χ1) is 17.6. The lowest BCUT2D eigenvalue weighted by molar-refractivity contribution is 0.0571. The minimum Gasteiger partial charge on any atom is -0.471 e. The fourth-order valence-corrected chi connectivity index (χ4v) is 5.13. The molecule has 0 spiro atoms. The van der Waals surface area contributed by atoms with Crippen LogP contribution in [0.15, 0.2) is 54.6 Å². The van der Waals surface area contributed by atoms with Gasteiger partial charge in [-0.3, -0.25) is 9.89 Å². The van der Waals surface area contributed by atoms with Gasteiger partial charge < -0.3 is 10.1 Å². The number of hydrogen-bond donors (Lipinski definition) is 2. The number of fused-ring (bicyclic) bond motifs is 1. The van der Waals surface area contributed by atoms with Crippen LogP contribution in [0.1, 0.15) is 55.0 Å². The number of aromatic amines is 1. The third-order valence-corrected chi connectivity index (χ3v) is 7.15. The van der Waals surface area contributed by atoms with Crippen molar-refractivity contribution in [3.63, 3.8) is 0 Å². The molecule has 1 aliphatic rings. The van der Waals surface area contributed by atoms with Crippen LogP contribution in [-0.2, 0) is 6.42 Å². The standard InChI is InChI=1S/C28H25Cl3N4O2/c1-4-18-12-23(35-34-18)26(36)32-24-14-28(2,3)37-27-21(24)13-20(15-5-7-16(29)8-6-15)25(33-27)19-10-9-17(30)11-22(19)31/h5-13,24H,4,14H2,1-3H3,(H,32,36)(H,34,35)/t24-/m1/s1. The summed E-state index contributed by atoms with van der Waals surface area (Å²) in [6, 6.07) is 16.2. The number of carbonyl (C=O) groups excluding carboxylic acids is 1. The van der Waals surface area contributed by atoms with Crippen LogP contribution < -0.4 is 10.1 Å². The van der Waals surface area contributed by atoms with Gasteiger partial charge in [0.2, 0.25) is 5.88 Å². The van der Waals surface area contributed by atoms with Crippen molar-refractivity contribution in [3.05, 3.63) is 86.6 Å². The maximum Gasteiger partial charge on any atom is 0.272 e. The van der Waals surface area contributed by atoms with E-state index in [0.717, 1.165) is 34.4 Å². The number of hydrogen-bond acceptors (Lipinski definition) is 4. The maximum atomic E-state index is 13.1. The molecule has 0 saturated heterocycles. The number of nitrogens with zero attached hydrogens (tertiary/aromatic N) is 2. The number of nitrogens with one attached hydrogen (secondary N) is 2. The van der Waals surface area contributed by atoms with E-state index in [0.29, 0.717) is 38.8 Å². The molecule has 2 aromatic carbocycles. The minimum atomic E-state index is -0.569. The highest BCUT2D eigenvalue weighted by atomic mass is 35.5. The Bertz CT molecular complexity index is 1480. The molecule has 4 aromatic rings. The lowest BCUT2D eigenvalue weighted by Crippen LogP contribution is -2.41. The monoisotopic (exact) mass is 554 g/mol. The Kier molecular flexibility index (Phi) is 6.92. The fourth-order valence-electron chi connectivity index (χ4n) is 4.50. The molecule has 0 bridgehead atoms. The van der Waals surface area contributed by atoms with Crippen molar-refractivity contribution >= 4 is 40.7 Å². The summed E-state index contributed by atoms with van der Waals surface area (Å²) in [6.45, 7) is 5.95. The third kappa shape index (κ3) is 5.33. The van der Waals surface area contributed by atoms with Crippen molar-refractivity contribution in [2.45, 2.75) is 45.3 Å². The molecule has 5 rings (SSSR count). The van der Waals surface area contributed by atoms with Gasteiger partial charge in [-0.1, -0.05) is 53.9 Å². The quantitative estimate of drug-likeness (QED) is 0.264. The molecule has 0 fully saturated rings. The van der Waals surface area contributed by atoms with E-state index in [1.807, 2.05) is 57.2 Å². The maximum absolute atomic E-state index is 13.1. The van der Waals surface area contributed by atoms with Crippen LogP contribution in [0.3, 0.4) is 0 Å². The molecule has 3 heterocycles. The predicted octanol–water partition coefficient (Wildman–Crippen LogP) is 7.69. The highest BCUT2D eigenvalue weighted by Crippen LogP contribution is 2.45. The predicted molar refractivity (Wildman–Crippen MR) is 148 cm³/mol. The average molecular weight is 556 g/mol. The Morgan fingerprint density at radius 1 is 1.05 bits per heavy atom. The highest BCUT2D eigenvalue weighted by Gasteiger charge is 2.37. The van der Waals surface area contributed by atoms with Gasteiger partial charge in [-0.25, -0.2) is 4.98 Å². The fraction of sp³-hybridized carbons (Fsp3) is 0.250. The van der Waals surface area contributed by atoms with E-state index in [1.165, 1.54) is 0 Å². The molecule has 1 amide bonds. The van der Waals surface area contributed by atoms with Crippen molar-refractivity contribution in [2.24, 2.45) is 0 Å². The number of rotatable bonds is 5. The summed E-state index contributed by atoms with van der Waals surface area (Å²) in [6.07, 6.45) is 1.32. The van der Waals surface area contributed by atoms with E-state index in [1.54, 1.807) is 18.2 Å². The van der Waals surface area contributed by atoms with E-state index in [4.69, 9.17) is 44.5 Å². The first-order valence-electron chi connectivity index (χ1n) is 11.9. The minimum absolute atomic E-state index is 0.262. The zero-order valence-corrected chi connectivity index (χ0v) is 22.8. The molecule has 9 heteroatoms. The van der Waals surface area contributed by atoms with Crippen LogP contribution in [-0.4, -0.2) is 26.7 Å². The van der Waals surface area contributed by atoms with Crippen LogP contribution in [0, 0.1) is 0 Å². The first kappa shape index (κ1) is 25.6. The molecule has 37 heavy (non-hydrogen) atoms. The van der Waals surface area contributed by atoms with Gasteiger partial charge in [-0.05, 0) is 68.3 Å². The molecular formula is C28H25Cl3N4O2. The van der Waals surface area contributed by atoms with Gasteiger partial charge in [0.15, 0.2) is 0 Å². The molecule has 190 valence electrons. The second-order valence-corrected chi connectivity index (χ2v) is 10.9. The van der Waals surface area contributed by atoms with Gasteiger partial charge in [0.1, 0.15) is 11.3 Å². The molecule has 2 N–H and O–H groups in total. The average Bonchev–Trinajstić information content (AvgIpc) is 3.33. The van der Waals surface area contributed by atoms with Crippen molar-refractivity contribution in [3.8, 4) is 28.3 Å². The van der Waals surface area contributed by atoms with Crippen molar-refractivity contribution in [2.75, 3.05) is 0 Å². The third-order valence-electron chi connectivity index (χ3n) is 6.35. The number of halogens is 3. The number of ether oxygens (including phenoxy) is 1. The van der Waals surface area contributed by atoms with E-state index in [2.05, 4.69) is 15.5 Å². The summed E-state index contributed by atoms with van der Waals surface area (Å²) < 4.78 is 6.32. The number of aryl methyl sites for hydroxylation is 1.